The van der Waals surface area contributed by atoms with Crippen LogP contribution in [0.3, 0.4) is 0 Å². The molecule has 0 aromatic heterocycles. The van der Waals surface area contributed by atoms with Crippen LogP contribution in [0, 0.1) is 0 Å². The summed E-state index contributed by atoms with van der Waals surface area (Å²) in [6.45, 7) is 4.41. The van der Waals surface area contributed by atoms with E-state index < -0.39 is 0 Å². The molecule has 3 nitrogen and oxygen atoms in total. The number of hydrogen-bond donors (Lipinski definition) is 0. The van der Waals surface area contributed by atoms with Gasteiger partial charge in [0.1, 0.15) is 0 Å². The molecule has 0 fully saturated rings. The molecule has 0 saturated heterocycles. The Morgan fingerprint density at radius 2 is 1.00 bits per heavy atom. The third-order valence-electron chi connectivity index (χ3n) is 0. The van der Waals surface area contributed by atoms with Gasteiger partial charge in [0.25, 0.3) is 0 Å². The van der Waals surface area contributed by atoms with Crippen LogP contribution in [-0.4, -0.2) is 39.0 Å². The Hall–Kier alpha value is 0.679. The van der Waals surface area contributed by atoms with E-state index in [0.29, 0.717) is 0 Å². The van der Waals surface area contributed by atoms with Crippen molar-refractivity contribution >= 4 is 22.5 Å². The van der Waals surface area contributed by atoms with E-state index in [1.54, 1.807) is 22.5 Å². The van der Waals surface area contributed by atoms with E-state index in [-0.39, 0.29) is 16.4 Å². The van der Waals surface area contributed by atoms with Crippen LogP contribution >= 0.6 is 0 Å². The van der Waals surface area contributed by atoms with E-state index in [2.05, 4.69) is 13.8 Å². The maximum atomic E-state index is 2.21. The third kappa shape index (κ3) is 317. The minimum Gasteiger partial charge on any atom is -0.412 e. The van der Waals surface area contributed by atoms with Crippen molar-refractivity contribution in [3.63, 3.8) is 0 Å². The molecule has 3 radical (unpaired) electrons. The molecule has 0 amide bonds. The Labute approximate surface area is 57.1 Å². The van der Waals surface area contributed by atoms with Crippen molar-refractivity contribution in [3.8, 4) is 0 Å². The monoisotopic (exact) mass is 217 g/mol. The molecular formula is C3H13O3Sn. The zero-order valence-corrected chi connectivity index (χ0v) is 7.43. The fourth-order valence-corrected chi connectivity index (χ4v) is 0. The summed E-state index contributed by atoms with van der Waals surface area (Å²) in [6, 6.07) is 0. The SMILES string of the molecule is C[CH](C)[Sn].O.O.O. The number of rotatable bonds is 0. The van der Waals surface area contributed by atoms with Gasteiger partial charge in [-0.25, -0.2) is 0 Å². The first-order valence-electron chi connectivity index (χ1n) is 1.44. The molecule has 0 unspecified atom stereocenters. The summed E-state index contributed by atoms with van der Waals surface area (Å²) in [5, 5.41) is 0. The molecule has 6 N–H and O–H groups in total. The number of hydrogen-bond acceptors (Lipinski definition) is 0. The average Bonchev–Trinajstić information content (AvgIpc) is 0.811. The minimum atomic E-state index is 0. The van der Waals surface area contributed by atoms with E-state index in [9.17, 15) is 0 Å². The van der Waals surface area contributed by atoms with E-state index in [1.165, 1.54) is 0 Å². The fraction of sp³-hybridized carbons (Fsp3) is 1.00. The van der Waals surface area contributed by atoms with Crippen LogP contribution in [0.1, 0.15) is 13.8 Å². The van der Waals surface area contributed by atoms with E-state index in [0.717, 1.165) is 3.93 Å². The molecule has 0 aromatic carbocycles. The van der Waals surface area contributed by atoms with Crippen molar-refractivity contribution in [1.82, 2.24) is 0 Å². The topological polar surface area (TPSA) is 94.5 Å². The second-order valence-electron chi connectivity index (χ2n) is 1.15. The van der Waals surface area contributed by atoms with Gasteiger partial charge in [0.05, 0.1) is 0 Å². The summed E-state index contributed by atoms with van der Waals surface area (Å²) in [5.41, 5.74) is 0. The summed E-state index contributed by atoms with van der Waals surface area (Å²) in [4.78, 5) is 0. The Balaban J connectivity index is -0.0000000150. The molecule has 0 heterocycles. The van der Waals surface area contributed by atoms with Gasteiger partial charge in [-0.05, 0) is 0 Å². The van der Waals surface area contributed by atoms with Crippen LogP contribution in [0.5, 0.6) is 0 Å². The van der Waals surface area contributed by atoms with Crippen molar-refractivity contribution in [2.45, 2.75) is 17.8 Å². The fourth-order valence-electron chi connectivity index (χ4n) is 0. The second kappa shape index (κ2) is 15.9. The van der Waals surface area contributed by atoms with Gasteiger partial charge in [-0.15, -0.1) is 0 Å². The largest absolute Gasteiger partial charge is 0.412 e. The van der Waals surface area contributed by atoms with Gasteiger partial charge < -0.3 is 16.4 Å². The predicted molar refractivity (Wildman–Crippen MR) is 31.7 cm³/mol. The molecule has 0 aliphatic heterocycles. The quantitative estimate of drug-likeness (QED) is 0.441. The molecule has 0 aliphatic carbocycles. The molecule has 0 spiro atoms. The van der Waals surface area contributed by atoms with Crippen molar-refractivity contribution in [2.24, 2.45) is 0 Å². The van der Waals surface area contributed by atoms with Crippen LogP contribution < -0.4 is 0 Å². The predicted octanol–water partition coefficient (Wildman–Crippen LogP) is -1.49. The van der Waals surface area contributed by atoms with E-state index in [4.69, 9.17) is 0 Å². The molecule has 0 atom stereocenters. The Morgan fingerprint density at radius 3 is 1.00 bits per heavy atom. The zero-order valence-electron chi connectivity index (χ0n) is 4.58. The Kier molecular flexibility index (Phi) is 57.5. The summed E-state index contributed by atoms with van der Waals surface area (Å²) in [6.07, 6.45) is 0. The van der Waals surface area contributed by atoms with E-state index >= 15 is 0 Å². The zero-order chi connectivity index (χ0) is 3.58. The van der Waals surface area contributed by atoms with Crippen LogP contribution in [-0.2, 0) is 0 Å². The maximum Gasteiger partial charge on any atom is -0.412 e. The Bertz CT molecular complexity index is 14.9. The molecule has 0 rings (SSSR count). The van der Waals surface area contributed by atoms with Crippen molar-refractivity contribution in [2.75, 3.05) is 0 Å². The standard InChI is InChI=1S/C3H7.3H2O.Sn/c1-3-2;;;;/h3H,1-2H3;3*1H2;. The average molecular weight is 216 g/mol. The molecule has 7 heavy (non-hydrogen) atoms. The third-order valence-corrected chi connectivity index (χ3v) is 0. The van der Waals surface area contributed by atoms with Gasteiger partial charge >= 0.3 is 40.3 Å². The first kappa shape index (κ1) is 25.3. The van der Waals surface area contributed by atoms with Crippen LogP contribution in [0.25, 0.3) is 0 Å². The smallest absolute Gasteiger partial charge is 0.412 e. The van der Waals surface area contributed by atoms with Gasteiger partial charge in [-0.2, -0.15) is 0 Å². The maximum absolute atomic E-state index is 2.21. The molecule has 0 aromatic rings. The summed E-state index contributed by atoms with van der Waals surface area (Å²) < 4.78 is 0.923. The molecular weight excluding hydrogens is 203 g/mol. The van der Waals surface area contributed by atoms with Gasteiger partial charge in [0.2, 0.25) is 0 Å². The molecule has 0 aliphatic rings. The molecule has 0 bridgehead atoms. The van der Waals surface area contributed by atoms with E-state index in [1.807, 2.05) is 0 Å². The normalized spacial score (nSPS) is 5.14. The van der Waals surface area contributed by atoms with Crippen LogP contribution in [0.4, 0.5) is 0 Å². The van der Waals surface area contributed by atoms with Crippen molar-refractivity contribution in [3.05, 3.63) is 0 Å². The molecule has 47 valence electrons. The Morgan fingerprint density at radius 1 is 1.00 bits per heavy atom. The van der Waals surface area contributed by atoms with Crippen molar-refractivity contribution < 1.29 is 16.4 Å². The van der Waals surface area contributed by atoms with Gasteiger partial charge in [0.15, 0.2) is 0 Å². The van der Waals surface area contributed by atoms with Crippen LogP contribution in [0.2, 0.25) is 3.93 Å². The summed E-state index contributed by atoms with van der Waals surface area (Å²) in [7, 11) is 0. The minimum absolute atomic E-state index is 0. The van der Waals surface area contributed by atoms with Crippen LogP contribution in [0.15, 0.2) is 0 Å². The van der Waals surface area contributed by atoms with Gasteiger partial charge in [0, 0.05) is 0 Å². The van der Waals surface area contributed by atoms with Gasteiger partial charge in [-0.1, -0.05) is 0 Å². The summed E-state index contributed by atoms with van der Waals surface area (Å²) in [5.74, 6) is 0. The van der Waals surface area contributed by atoms with Gasteiger partial charge in [-0.3, -0.25) is 0 Å². The summed E-state index contributed by atoms with van der Waals surface area (Å²) >= 11 is 1.64. The first-order valence-corrected chi connectivity index (χ1v) is 3.09. The first-order chi connectivity index (χ1) is 1.73. The van der Waals surface area contributed by atoms with Crippen molar-refractivity contribution in [1.29, 1.82) is 0 Å². The second-order valence-corrected chi connectivity index (χ2v) is 4.45. The molecule has 4 heteroatoms. The molecule has 0 saturated carbocycles.